The summed E-state index contributed by atoms with van der Waals surface area (Å²) in [6.45, 7) is 5.28. The lowest BCUT2D eigenvalue weighted by Crippen LogP contribution is -2.29. The van der Waals surface area contributed by atoms with E-state index in [0.717, 1.165) is 17.8 Å². The zero-order valence-corrected chi connectivity index (χ0v) is 15.0. The van der Waals surface area contributed by atoms with Gasteiger partial charge in [0.25, 0.3) is 5.91 Å². The number of aliphatic imine (C=N–C) groups is 1. The predicted molar refractivity (Wildman–Crippen MR) is 93.7 cm³/mol. The van der Waals surface area contributed by atoms with E-state index in [-0.39, 0.29) is 5.91 Å². The first-order valence-corrected chi connectivity index (χ1v) is 8.65. The molecule has 1 amide bonds. The molecule has 0 saturated carbocycles. The van der Waals surface area contributed by atoms with E-state index >= 15 is 0 Å². The largest absolute Gasteiger partial charge is 0.416 e. The highest BCUT2D eigenvalue weighted by molar-refractivity contribution is 6.12. The van der Waals surface area contributed by atoms with E-state index in [0.29, 0.717) is 42.3 Å². The summed E-state index contributed by atoms with van der Waals surface area (Å²) < 4.78 is 39.3. The van der Waals surface area contributed by atoms with E-state index in [4.69, 9.17) is 0 Å². The number of amides is 1. The molecule has 1 aromatic rings. The molecule has 7 heteroatoms. The summed E-state index contributed by atoms with van der Waals surface area (Å²) in [6.07, 6.45) is -3.75. The van der Waals surface area contributed by atoms with Crippen LogP contribution >= 0.6 is 0 Å². The molecule has 1 atom stereocenters. The maximum absolute atomic E-state index is 13.1. The molecule has 4 nitrogen and oxygen atoms in total. The highest BCUT2D eigenvalue weighted by Gasteiger charge is 2.39. The lowest BCUT2D eigenvalue weighted by molar-refractivity contribution is -0.137. The highest BCUT2D eigenvalue weighted by Crippen LogP contribution is 2.37. The molecule has 140 valence electrons. The Bertz CT molecular complexity index is 780. The number of hydrogen-bond donors (Lipinski definition) is 1. The lowest BCUT2D eigenvalue weighted by atomic mass is 9.91. The molecule has 0 bridgehead atoms. The Morgan fingerprint density at radius 2 is 2.08 bits per heavy atom. The van der Waals surface area contributed by atoms with Crippen molar-refractivity contribution in [3.8, 4) is 0 Å². The normalized spacial score (nSPS) is 20.9. The quantitative estimate of drug-likeness (QED) is 0.890. The van der Waals surface area contributed by atoms with E-state index in [1.807, 2.05) is 11.9 Å². The van der Waals surface area contributed by atoms with Crippen LogP contribution in [0.1, 0.15) is 37.4 Å². The Kier molecular flexibility index (Phi) is 4.82. The molecule has 1 unspecified atom stereocenters. The maximum atomic E-state index is 13.1. The van der Waals surface area contributed by atoms with Crippen LogP contribution in [0.2, 0.25) is 0 Å². The van der Waals surface area contributed by atoms with E-state index in [1.54, 1.807) is 6.07 Å². The number of carbonyl (C=O) groups excluding carboxylic acids is 1. The van der Waals surface area contributed by atoms with Crippen LogP contribution in [0.15, 0.2) is 40.5 Å². The Morgan fingerprint density at radius 3 is 2.73 bits per heavy atom. The van der Waals surface area contributed by atoms with Crippen molar-refractivity contribution in [2.24, 2.45) is 10.9 Å². The van der Waals surface area contributed by atoms with Crippen LogP contribution in [-0.4, -0.2) is 36.7 Å². The smallest absolute Gasteiger partial charge is 0.368 e. The lowest BCUT2D eigenvalue weighted by Gasteiger charge is -2.20. The number of hydrogen-bond acceptors (Lipinski definition) is 3. The molecular weight excluding hydrogens is 343 g/mol. The minimum Gasteiger partial charge on any atom is -0.368 e. The zero-order chi connectivity index (χ0) is 19.1. The summed E-state index contributed by atoms with van der Waals surface area (Å²) in [6, 6.07) is 4.53. The van der Waals surface area contributed by atoms with E-state index < -0.39 is 17.8 Å². The molecule has 26 heavy (non-hydrogen) atoms. The van der Waals surface area contributed by atoms with Gasteiger partial charge in [-0.15, -0.1) is 0 Å². The fraction of sp³-hybridized carbons (Fsp3) is 0.474. The topological polar surface area (TPSA) is 44.7 Å². The average Bonchev–Trinajstić information content (AvgIpc) is 2.81. The van der Waals surface area contributed by atoms with Crippen molar-refractivity contribution < 1.29 is 18.0 Å². The number of likely N-dealkylation sites (N-methyl/N-ethyl adjacent to an activating group) is 1. The van der Waals surface area contributed by atoms with Gasteiger partial charge in [0.15, 0.2) is 0 Å². The van der Waals surface area contributed by atoms with Gasteiger partial charge < -0.3 is 10.2 Å². The maximum Gasteiger partial charge on any atom is 0.416 e. The number of rotatable bonds is 3. The van der Waals surface area contributed by atoms with Gasteiger partial charge in [-0.3, -0.25) is 9.79 Å². The third-order valence-corrected chi connectivity index (χ3v) is 4.61. The monoisotopic (exact) mass is 365 g/mol. The highest BCUT2D eigenvalue weighted by atomic mass is 19.4. The third kappa shape index (κ3) is 3.48. The number of alkyl halides is 3. The van der Waals surface area contributed by atoms with Crippen LogP contribution in [0.3, 0.4) is 0 Å². The Balaban J connectivity index is 2.09. The van der Waals surface area contributed by atoms with Crippen molar-refractivity contribution in [3.05, 3.63) is 46.7 Å². The molecule has 0 saturated heterocycles. The van der Waals surface area contributed by atoms with Gasteiger partial charge >= 0.3 is 6.18 Å². The third-order valence-electron chi connectivity index (χ3n) is 4.61. The Hall–Kier alpha value is -2.31. The van der Waals surface area contributed by atoms with Gasteiger partial charge in [0.05, 0.1) is 18.2 Å². The van der Waals surface area contributed by atoms with Crippen LogP contribution in [0, 0.1) is 5.92 Å². The molecule has 1 aromatic carbocycles. The minimum atomic E-state index is -4.43. The summed E-state index contributed by atoms with van der Waals surface area (Å²) in [5.74, 6) is 0.0621. The molecule has 0 aliphatic carbocycles. The molecule has 0 fully saturated rings. The molecule has 2 aliphatic heterocycles. The van der Waals surface area contributed by atoms with Crippen molar-refractivity contribution in [1.29, 1.82) is 0 Å². The van der Waals surface area contributed by atoms with Crippen LogP contribution in [0.4, 0.5) is 13.2 Å². The Morgan fingerprint density at radius 1 is 1.35 bits per heavy atom. The van der Waals surface area contributed by atoms with Gasteiger partial charge in [-0.2, -0.15) is 13.2 Å². The zero-order valence-electron chi connectivity index (χ0n) is 15.0. The van der Waals surface area contributed by atoms with Crippen molar-refractivity contribution in [2.75, 3.05) is 20.1 Å². The first-order chi connectivity index (χ1) is 12.2. The van der Waals surface area contributed by atoms with Gasteiger partial charge in [-0.25, -0.2) is 0 Å². The standard InChI is InChI=1S/C19H22F3N3O/c1-11(2)9-14-15-16(12-5-4-6-13(10-12)19(20,21)22)24-18(26)17(15)25(3)8-7-23-14/h4-6,10-11,16H,7-9H2,1-3H3,(H,24,26). The van der Waals surface area contributed by atoms with Crippen LogP contribution in [-0.2, 0) is 11.0 Å². The van der Waals surface area contributed by atoms with Crippen molar-refractivity contribution in [1.82, 2.24) is 10.2 Å². The molecule has 0 aromatic heterocycles. The fourth-order valence-corrected chi connectivity index (χ4v) is 3.45. The molecule has 0 radical (unpaired) electrons. The number of halogens is 3. The van der Waals surface area contributed by atoms with Crippen molar-refractivity contribution >= 4 is 11.6 Å². The fourth-order valence-electron chi connectivity index (χ4n) is 3.45. The van der Waals surface area contributed by atoms with Gasteiger partial charge in [-0.05, 0) is 30.0 Å². The van der Waals surface area contributed by atoms with E-state index in [2.05, 4.69) is 24.2 Å². The SMILES string of the molecule is CC(C)CC1=NCCN(C)C2=C1C(c1cccc(C(F)(F)F)c1)NC2=O. The second-order valence-corrected chi connectivity index (χ2v) is 7.14. The Labute approximate surface area is 150 Å². The van der Waals surface area contributed by atoms with Gasteiger partial charge in [-0.1, -0.05) is 26.0 Å². The minimum absolute atomic E-state index is 0.261. The number of nitrogens with zero attached hydrogens (tertiary/aromatic N) is 2. The average molecular weight is 365 g/mol. The first kappa shape index (κ1) is 18.5. The molecule has 1 N–H and O–H groups in total. The summed E-state index contributed by atoms with van der Waals surface area (Å²) >= 11 is 0. The van der Waals surface area contributed by atoms with Gasteiger partial charge in [0.1, 0.15) is 5.70 Å². The number of carbonyl (C=O) groups is 1. The van der Waals surface area contributed by atoms with Gasteiger partial charge in [0.2, 0.25) is 0 Å². The van der Waals surface area contributed by atoms with Crippen molar-refractivity contribution in [2.45, 2.75) is 32.5 Å². The van der Waals surface area contributed by atoms with Gasteiger partial charge in [0, 0.05) is 24.9 Å². The van der Waals surface area contributed by atoms with Crippen molar-refractivity contribution in [3.63, 3.8) is 0 Å². The van der Waals surface area contributed by atoms with E-state index in [9.17, 15) is 18.0 Å². The van der Waals surface area contributed by atoms with Crippen LogP contribution in [0.5, 0.6) is 0 Å². The molecule has 3 rings (SSSR count). The second-order valence-electron chi connectivity index (χ2n) is 7.14. The molecular formula is C19H22F3N3O. The predicted octanol–water partition coefficient (Wildman–Crippen LogP) is 3.56. The summed E-state index contributed by atoms with van der Waals surface area (Å²) in [5, 5.41) is 2.85. The first-order valence-electron chi connectivity index (χ1n) is 8.65. The summed E-state index contributed by atoms with van der Waals surface area (Å²) in [5.41, 5.74) is 1.74. The number of benzene rings is 1. The summed E-state index contributed by atoms with van der Waals surface area (Å²) in [4.78, 5) is 19.1. The molecule has 2 aliphatic rings. The second kappa shape index (κ2) is 6.78. The van der Waals surface area contributed by atoms with Crippen LogP contribution < -0.4 is 5.32 Å². The molecule has 2 heterocycles. The molecule has 0 spiro atoms. The van der Waals surface area contributed by atoms with E-state index in [1.165, 1.54) is 6.07 Å². The number of nitrogens with one attached hydrogen (secondary N) is 1. The van der Waals surface area contributed by atoms with Crippen LogP contribution in [0.25, 0.3) is 0 Å². The summed E-state index contributed by atoms with van der Waals surface area (Å²) in [7, 11) is 1.82.